The van der Waals surface area contributed by atoms with Crippen molar-refractivity contribution in [3.8, 4) is 0 Å². The lowest BCUT2D eigenvalue weighted by molar-refractivity contribution is 0.0946. The molecule has 4 nitrogen and oxygen atoms in total. The van der Waals surface area contributed by atoms with E-state index in [1.165, 1.54) is 5.56 Å². The molecule has 1 heterocycles. The summed E-state index contributed by atoms with van der Waals surface area (Å²) in [5.74, 6) is -0.211. The van der Waals surface area contributed by atoms with Crippen LogP contribution in [0.1, 0.15) is 21.6 Å². The van der Waals surface area contributed by atoms with Crippen LogP contribution in [0.4, 0.5) is 11.4 Å². The maximum Gasteiger partial charge on any atom is 0.270 e. The number of carbonyl (C=O) groups excluding carboxylic acids is 1. The van der Waals surface area contributed by atoms with Crippen molar-refractivity contribution in [2.45, 2.75) is 13.5 Å². The lowest BCUT2D eigenvalue weighted by Gasteiger charge is -2.08. The van der Waals surface area contributed by atoms with E-state index in [9.17, 15) is 4.79 Å². The molecule has 1 amide bonds. The molecule has 2 aromatic carbocycles. The Morgan fingerprint density at radius 2 is 1.84 bits per heavy atom. The van der Waals surface area contributed by atoms with Crippen molar-refractivity contribution in [1.29, 1.82) is 0 Å². The zero-order chi connectivity index (χ0) is 17.6. The molecule has 0 saturated heterocycles. The Balaban J connectivity index is 1.59. The predicted octanol–water partition coefficient (Wildman–Crippen LogP) is 4.72. The summed E-state index contributed by atoms with van der Waals surface area (Å²) >= 11 is 5.85. The minimum absolute atomic E-state index is 0.211. The monoisotopic (exact) mass is 351 g/mol. The van der Waals surface area contributed by atoms with Gasteiger partial charge in [-0.3, -0.25) is 4.79 Å². The van der Waals surface area contributed by atoms with Gasteiger partial charge in [-0.1, -0.05) is 35.9 Å². The average molecular weight is 352 g/mol. The van der Waals surface area contributed by atoms with E-state index in [0.717, 1.165) is 16.9 Å². The van der Waals surface area contributed by atoms with Gasteiger partial charge in [-0.15, -0.1) is 0 Å². The van der Waals surface area contributed by atoms with Crippen LogP contribution in [0.25, 0.3) is 0 Å². The van der Waals surface area contributed by atoms with Crippen LogP contribution in [0.2, 0.25) is 5.02 Å². The van der Waals surface area contributed by atoms with Gasteiger partial charge in [0, 0.05) is 17.3 Å². The first kappa shape index (κ1) is 17.0. The van der Waals surface area contributed by atoms with Gasteiger partial charge in [-0.25, -0.2) is 4.98 Å². The molecule has 0 saturated carbocycles. The number of nitrogens with zero attached hydrogens (tertiary/aromatic N) is 1. The molecule has 1 aromatic heterocycles. The molecule has 3 aromatic rings. The summed E-state index contributed by atoms with van der Waals surface area (Å²) in [7, 11) is 0. The van der Waals surface area contributed by atoms with Crippen LogP contribution in [0.5, 0.6) is 0 Å². The molecule has 0 spiro atoms. The average Bonchev–Trinajstić information content (AvgIpc) is 2.62. The number of aromatic nitrogens is 1. The summed E-state index contributed by atoms with van der Waals surface area (Å²) in [6.07, 6.45) is 1.65. The van der Waals surface area contributed by atoms with Crippen LogP contribution in [-0.4, -0.2) is 10.9 Å². The van der Waals surface area contributed by atoms with Gasteiger partial charge in [0.05, 0.1) is 11.9 Å². The van der Waals surface area contributed by atoms with E-state index < -0.39 is 0 Å². The molecular formula is C20H18ClN3O. The van der Waals surface area contributed by atoms with Crippen molar-refractivity contribution in [3.63, 3.8) is 0 Å². The minimum atomic E-state index is -0.211. The lowest BCUT2D eigenvalue weighted by Crippen LogP contribution is -2.23. The van der Waals surface area contributed by atoms with Crippen LogP contribution in [-0.2, 0) is 6.54 Å². The summed E-state index contributed by atoms with van der Waals surface area (Å²) in [5, 5.41) is 6.79. The number of amides is 1. The Bertz CT molecular complexity index is 861. The Labute approximate surface area is 151 Å². The number of halogens is 1. The summed E-state index contributed by atoms with van der Waals surface area (Å²) in [6.45, 7) is 2.47. The second kappa shape index (κ2) is 7.81. The van der Waals surface area contributed by atoms with E-state index in [1.807, 2.05) is 49.4 Å². The highest BCUT2D eigenvalue weighted by atomic mass is 35.5. The topological polar surface area (TPSA) is 54.0 Å². The molecule has 0 aliphatic rings. The third-order valence-corrected chi connectivity index (χ3v) is 3.92. The number of hydrogen-bond donors (Lipinski definition) is 2. The highest BCUT2D eigenvalue weighted by Crippen LogP contribution is 2.17. The Hall–Kier alpha value is -2.85. The predicted molar refractivity (Wildman–Crippen MR) is 101 cm³/mol. The zero-order valence-electron chi connectivity index (χ0n) is 13.8. The van der Waals surface area contributed by atoms with Gasteiger partial charge < -0.3 is 10.6 Å². The number of carbonyl (C=O) groups is 1. The Kier molecular flexibility index (Phi) is 5.31. The highest BCUT2D eigenvalue weighted by molar-refractivity contribution is 6.30. The van der Waals surface area contributed by atoms with Gasteiger partial charge in [-0.05, 0) is 54.4 Å². The first-order valence-corrected chi connectivity index (χ1v) is 8.30. The summed E-state index contributed by atoms with van der Waals surface area (Å²) in [5.41, 5.74) is 4.36. The van der Waals surface area contributed by atoms with E-state index >= 15 is 0 Å². The van der Waals surface area contributed by atoms with Gasteiger partial charge in [0.15, 0.2) is 0 Å². The number of benzene rings is 2. The maximum absolute atomic E-state index is 12.2. The summed E-state index contributed by atoms with van der Waals surface area (Å²) in [6, 6.07) is 19.0. The molecule has 0 fully saturated rings. The van der Waals surface area contributed by atoms with Gasteiger partial charge in [0.1, 0.15) is 5.69 Å². The van der Waals surface area contributed by atoms with E-state index in [1.54, 1.807) is 24.4 Å². The maximum atomic E-state index is 12.2. The van der Waals surface area contributed by atoms with Crippen molar-refractivity contribution < 1.29 is 4.79 Å². The van der Waals surface area contributed by atoms with Crippen molar-refractivity contribution in [3.05, 3.63) is 88.7 Å². The van der Waals surface area contributed by atoms with Gasteiger partial charge in [0.25, 0.3) is 5.91 Å². The fraction of sp³-hybridized carbons (Fsp3) is 0.100. The van der Waals surface area contributed by atoms with E-state index in [0.29, 0.717) is 17.3 Å². The molecule has 0 bridgehead atoms. The number of nitrogens with one attached hydrogen (secondary N) is 2. The zero-order valence-corrected chi connectivity index (χ0v) is 14.5. The fourth-order valence-corrected chi connectivity index (χ4v) is 2.49. The summed E-state index contributed by atoms with van der Waals surface area (Å²) < 4.78 is 0. The second-order valence-electron chi connectivity index (χ2n) is 5.74. The highest BCUT2D eigenvalue weighted by Gasteiger charge is 2.07. The standard InChI is InChI=1S/C20H18ClN3O/c1-14-3-2-4-17(11-14)24-18-9-10-19(22-13-18)20(25)23-12-15-5-7-16(21)8-6-15/h2-11,13,24H,12H2,1H3,(H,23,25). The second-order valence-corrected chi connectivity index (χ2v) is 6.17. The SMILES string of the molecule is Cc1cccc(Nc2ccc(C(=O)NCc3ccc(Cl)cc3)nc2)c1. The fourth-order valence-electron chi connectivity index (χ4n) is 2.37. The number of anilines is 2. The number of hydrogen-bond acceptors (Lipinski definition) is 3. The molecule has 0 unspecified atom stereocenters. The molecule has 2 N–H and O–H groups in total. The van der Waals surface area contributed by atoms with Crippen LogP contribution in [0.3, 0.4) is 0 Å². The molecule has 0 aliphatic heterocycles. The molecular weight excluding hydrogens is 334 g/mol. The Morgan fingerprint density at radius 3 is 2.52 bits per heavy atom. The van der Waals surface area contributed by atoms with E-state index in [2.05, 4.69) is 15.6 Å². The molecule has 3 rings (SSSR count). The van der Waals surface area contributed by atoms with Gasteiger partial charge >= 0.3 is 0 Å². The third kappa shape index (κ3) is 4.81. The van der Waals surface area contributed by atoms with E-state index in [4.69, 9.17) is 11.6 Å². The first-order chi connectivity index (χ1) is 12.1. The normalized spacial score (nSPS) is 10.3. The molecule has 0 radical (unpaired) electrons. The van der Waals surface area contributed by atoms with Crippen LogP contribution >= 0.6 is 11.6 Å². The van der Waals surface area contributed by atoms with Crippen molar-refractivity contribution in [1.82, 2.24) is 10.3 Å². The van der Waals surface area contributed by atoms with Crippen molar-refractivity contribution in [2.75, 3.05) is 5.32 Å². The largest absolute Gasteiger partial charge is 0.354 e. The van der Waals surface area contributed by atoms with Crippen molar-refractivity contribution in [2.24, 2.45) is 0 Å². The van der Waals surface area contributed by atoms with Gasteiger partial charge in [0.2, 0.25) is 0 Å². The quantitative estimate of drug-likeness (QED) is 0.699. The molecule has 126 valence electrons. The molecule has 25 heavy (non-hydrogen) atoms. The number of aryl methyl sites for hydroxylation is 1. The van der Waals surface area contributed by atoms with E-state index in [-0.39, 0.29) is 5.91 Å². The van der Waals surface area contributed by atoms with Crippen LogP contribution < -0.4 is 10.6 Å². The molecule has 5 heteroatoms. The Morgan fingerprint density at radius 1 is 1.04 bits per heavy atom. The lowest BCUT2D eigenvalue weighted by atomic mass is 10.2. The number of pyridine rings is 1. The first-order valence-electron chi connectivity index (χ1n) is 7.92. The molecule has 0 aliphatic carbocycles. The number of rotatable bonds is 5. The van der Waals surface area contributed by atoms with Crippen LogP contribution in [0.15, 0.2) is 66.9 Å². The minimum Gasteiger partial charge on any atom is -0.354 e. The van der Waals surface area contributed by atoms with Crippen molar-refractivity contribution >= 4 is 28.9 Å². The van der Waals surface area contributed by atoms with Gasteiger partial charge in [-0.2, -0.15) is 0 Å². The van der Waals surface area contributed by atoms with Crippen LogP contribution in [0, 0.1) is 6.92 Å². The molecule has 0 atom stereocenters. The smallest absolute Gasteiger partial charge is 0.270 e. The summed E-state index contributed by atoms with van der Waals surface area (Å²) in [4.78, 5) is 16.4. The third-order valence-electron chi connectivity index (χ3n) is 3.67.